The Kier molecular flexibility index (Phi) is 2.21. The molecule has 2 nitrogen and oxygen atoms in total. The fourth-order valence-electron chi connectivity index (χ4n) is 4.90. The van der Waals surface area contributed by atoms with Gasteiger partial charge in [0.25, 0.3) is 0 Å². The SMILES string of the molecule is Cc1ccsc1C(NN)C1C2C3CCC(C3)C21. The molecule has 1 aromatic rings. The molecule has 5 unspecified atom stereocenters. The lowest BCUT2D eigenvalue weighted by Crippen LogP contribution is -2.31. The summed E-state index contributed by atoms with van der Waals surface area (Å²) in [6.45, 7) is 2.21. The number of rotatable bonds is 3. The molecule has 3 N–H and O–H groups in total. The number of hydrogen-bond acceptors (Lipinski definition) is 3. The lowest BCUT2D eigenvalue weighted by Gasteiger charge is -2.19. The van der Waals surface area contributed by atoms with Gasteiger partial charge >= 0.3 is 0 Å². The first-order valence-electron chi connectivity index (χ1n) is 6.81. The predicted molar refractivity (Wildman–Crippen MR) is 70.4 cm³/mol. The van der Waals surface area contributed by atoms with Gasteiger partial charge in [-0.3, -0.25) is 11.3 Å². The second kappa shape index (κ2) is 3.56. The minimum Gasteiger partial charge on any atom is -0.271 e. The van der Waals surface area contributed by atoms with Crippen LogP contribution in [0.4, 0.5) is 0 Å². The van der Waals surface area contributed by atoms with E-state index in [0.717, 1.165) is 29.6 Å². The second-order valence-corrected chi connectivity index (χ2v) is 7.13. The molecule has 92 valence electrons. The fraction of sp³-hybridized carbons (Fsp3) is 0.714. The van der Waals surface area contributed by atoms with E-state index in [0.29, 0.717) is 6.04 Å². The average Bonchev–Trinajstić information content (AvgIpc) is 2.72. The number of nitrogens with two attached hydrogens (primary N) is 1. The van der Waals surface area contributed by atoms with Gasteiger partial charge in [0.1, 0.15) is 0 Å². The topological polar surface area (TPSA) is 38.0 Å². The Labute approximate surface area is 107 Å². The molecule has 0 spiro atoms. The van der Waals surface area contributed by atoms with Crippen molar-refractivity contribution < 1.29 is 0 Å². The summed E-state index contributed by atoms with van der Waals surface area (Å²) in [5, 5.41) is 2.20. The van der Waals surface area contributed by atoms with Crippen molar-refractivity contribution in [2.75, 3.05) is 0 Å². The van der Waals surface area contributed by atoms with Gasteiger partial charge in [0.15, 0.2) is 0 Å². The Hall–Kier alpha value is -0.380. The summed E-state index contributed by atoms with van der Waals surface area (Å²) in [5.74, 6) is 10.7. The van der Waals surface area contributed by atoms with E-state index in [1.165, 1.54) is 29.7 Å². The Bertz CT molecular complexity index is 425. The first-order chi connectivity index (χ1) is 8.31. The highest BCUT2D eigenvalue weighted by atomic mass is 32.1. The quantitative estimate of drug-likeness (QED) is 0.637. The summed E-state index contributed by atoms with van der Waals surface area (Å²) < 4.78 is 0. The van der Waals surface area contributed by atoms with Crippen LogP contribution in [0, 0.1) is 36.5 Å². The lowest BCUT2D eigenvalue weighted by molar-refractivity contribution is 0.377. The van der Waals surface area contributed by atoms with Crippen LogP contribution in [0.15, 0.2) is 11.4 Å². The molecular formula is C14H20N2S. The largest absolute Gasteiger partial charge is 0.271 e. The molecule has 2 bridgehead atoms. The van der Waals surface area contributed by atoms with E-state index in [-0.39, 0.29) is 0 Å². The molecule has 3 heteroatoms. The number of hydrazine groups is 1. The zero-order valence-electron chi connectivity index (χ0n) is 10.2. The van der Waals surface area contributed by atoms with Crippen LogP contribution in [0.5, 0.6) is 0 Å². The molecule has 1 aromatic heterocycles. The zero-order chi connectivity index (χ0) is 11.6. The van der Waals surface area contributed by atoms with Gasteiger partial charge in [-0.1, -0.05) is 0 Å². The van der Waals surface area contributed by atoms with Crippen LogP contribution in [0.2, 0.25) is 0 Å². The molecule has 4 rings (SSSR count). The highest BCUT2D eigenvalue weighted by Gasteiger charge is 2.66. The third-order valence-electron chi connectivity index (χ3n) is 5.54. The van der Waals surface area contributed by atoms with Crippen LogP contribution in [0.3, 0.4) is 0 Å². The second-order valence-electron chi connectivity index (χ2n) is 6.18. The molecule has 0 radical (unpaired) electrons. The minimum atomic E-state index is 0.424. The monoisotopic (exact) mass is 248 g/mol. The molecule has 3 aliphatic rings. The number of hydrogen-bond donors (Lipinski definition) is 2. The van der Waals surface area contributed by atoms with E-state index < -0.39 is 0 Å². The van der Waals surface area contributed by atoms with Gasteiger partial charge in [-0.15, -0.1) is 11.3 Å². The van der Waals surface area contributed by atoms with Gasteiger partial charge in [0.05, 0.1) is 6.04 Å². The summed E-state index contributed by atoms with van der Waals surface area (Å²) in [6.07, 6.45) is 4.50. The third kappa shape index (κ3) is 1.33. The van der Waals surface area contributed by atoms with Crippen LogP contribution < -0.4 is 11.3 Å². The van der Waals surface area contributed by atoms with E-state index in [1.807, 2.05) is 11.3 Å². The van der Waals surface area contributed by atoms with Crippen molar-refractivity contribution in [1.29, 1.82) is 0 Å². The highest BCUT2D eigenvalue weighted by Crippen LogP contribution is 2.72. The molecule has 3 saturated carbocycles. The van der Waals surface area contributed by atoms with E-state index in [4.69, 9.17) is 5.84 Å². The van der Waals surface area contributed by atoms with E-state index >= 15 is 0 Å². The average molecular weight is 248 g/mol. The molecule has 0 aromatic carbocycles. The van der Waals surface area contributed by atoms with Gasteiger partial charge < -0.3 is 0 Å². The Morgan fingerprint density at radius 1 is 1.35 bits per heavy atom. The summed E-state index contributed by atoms with van der Waals surface area (Å²) in [4.78, 5) is 1.48. The summed E-state index contributed by atoms with van der Waals surface area (Å²) in [5.41, 5.74) is 4.53. The first-order valence-corrected chi connectivity index (χ1v) is 7.69. The molecule has 17 heavy (non-hydrogen) atoms. The van der Waals surface area contributed by atoms with Crippen LogP contribution in [0.1, 0.15) is 35.7 Å². The molecule has 0 saturated heterocycles. The third-order valence-corrected chi connectivity index (χ3v) is 6.65. The Morgan fingerprint density at radius 3 is 2.59 bits per heavy atom. The fourth-order valence-corrected chi connectivity index (χ4v) is 5.95. The van der Waals surface area contributed by atoms with Gasteiger partial charge in [0.2, 0.25) is 0 Å². The summed E-state index contributed by atoms with van der Waals surface area (Å²) in [7, 11) is 0. The molecule has 3 fully saturated rings. The van der Waals surface area contributed by atoms with Gasteiger partial charge in [-0.25, -0.2) is 0 Å². The number of nitrogens with one attached hydrogen (secondary N) is 1. The Morgan fingerprint density at radius 2 is 2.06 bits per heavy atom. The van der Waals surface area contributed by atoms with Gasteiger partial charge in [0, 0.05) is 4.88 Å². The maximum atomic E-state index is 5.85. The molecular weight excluding hydrogens is 228 g/mol. The molecule has 3 aliphatic carbocycles. The predicted octanol–water partition coefficient (Wildman–Crippen LogP) is 2.85. The molecule has 0 amide bonds. The first kappa shape index (κ1) is 10.5. The van der Waals surface area contributed by atoms with E-state index in [2.05, 4.69) is 23.8 Å². The normalized spacial score (nSPS) is 43.8. The van der Waals surface area contributed by atoms with Crippen LogP contribution >= 0.6 is 11.3 Å². The smallest absolute Gasteiger partial charge is 0.0589 e. The van der Waals surface area contributed by atoms with Crippen molar-refractivity contribution in [2.24, 2.45) is 35.4 Å². The minimum absolute atomic E-state index is 0.424. The Balaban J connectivity index is 1.61. The van der Waals surface area contributed by atoms with Crippen molar-refractivity contribution in [3.05, 3.63) is 21.9 Å². The molecule has 0 aliphatic heterocycles. The van der Waals surface area contributed by atoms with Gasteiger partial charge in [-0.2, -0.15) is 0 Å². The number of thiophene rings is 1. The molecule has 1 heterocycles. The van der Waals surface area contributed by atoms with Crippen molar-refractivity contribution in [1.82, 2.24) is 5.43 Å². The number of aryl methyl sites for hydroxylation is 1. The lowest BCUT2D eigenvalue weighted by atomic mass is 9.96. The van der Waals surface area contributed by atoms with Crippen molar-refractivity contribution in [3.8, 4) is 0 Å². The van der Waals surface area contributed by atoms with E-state index in [1.54, 1.807) is 0 Å². The van der Waals surface area contributed by atoms with Crippen LogP contribution in [-0.2, 0) is 0 Å². The van der Waals surface area contributed by atoms with Crippen LogP contribution in [-0.4, -0.2) is 0 Å². The van der Waals surface area contributed by atoms with Gasteiger partial charge in [-0.05, 0) is 72.8 Å². The van der Waals surface area contributed by atoms with Crippen molar-refractivity contribution in [3.63, 3.8) is 0 Å². The zero-order valence-corrected chi connectivity index (χ0v) is 11.0. The summed E-state index contributed by atoms with van der Waals surface area (Å²) in [6, 6.07) is 2.64. The standard InChI is InChI=1S/C14H20N2S/c1-7-4-5-17-14(7)13(16-15)12-10-8-2-3-9(6-8)11(10)12/h4-5,8-13,16H,2-3,6,15H2,1H3. The highest BCUT2D eigenvalue weighted by molar-refractivity contribution is 7.10. The van der Waals surface area contributed by atoms with Crippen molar-refractivity contribution >= 4 is 11.3 Å². The van der Waals surface area contributed by atoms with Crippen LogP contribution in [0.25, 0.3) is 0 Å². The van der Waals surface area contributed by atoms with Crippen molar-refractivity contribution in [2.45, 2.75) is 32.2 Å². The van der Waals surface area contributed by atoms with E-state index in [9.17, 15) is 0 Å². The maximum Gasteiger partial charge on any atom is 0.0589 e. The summed E-state index contributed by atoms with van der Waals surface area (Å²) >= 11 is 1.87. The maximum absolute atomic E-state index is 5.85. The number of fused-ring (bicyclic) bond motifs is 5. The molecule has 5 atom stereocenters.